The lowest BCUT2D eigenvalue weighted by Crippen LogP contribution is -2.25. The van der Waals surface area contributed by atoms with Crippen LogP contribution in [0, 0.1) is 0 Å². The molecule has 1 aromatic rings. The van der Waals surface area contributed by atoms with Crippen LogP contribution in [-0.2, 0) is 13.0 Å². The minimum atomic E-state index is -0.0247. The number of nitrogens with zero attached hydrogens (tertiary/aromatic N) is 1. The first kappa shape index (κ1) is 9.15. The van der Waals surface area contributed by atoms with Crippen molar-refractivity contribution in [3.8, 4) is 0 Å². The molecule has 0 saturated heterocycles. The molecule has 0 aliphatic carbocycles. The highest BCUT2D eigenvalue weighted by molar-refractivity contribution is 5.98. The zero-order valence-corrected chi connectivity index (χ0v) is 8.13. The molecule has 0 amide bonds. The number of nitrogens with two attached hydrogens (primary N) is 1. The fourth-order valence-corrected chi connectivity index (χ4v) is 1.69. The molecule has 2 rings (SSSR count). The SMILES string of the molecule is CC(=O)c1cc2c(nc1N)CCNC2. The number of pyridine rings is 1. The number of hydrogen-bond donors (Lipinski definition) is 2. The normalized spacial score (nSPS) is 14.9. The van der Waals surface area contributed by atoms with Gasteiger partial charge < -0.3 is 11.1 Å². The molecule has 1 aromatic heterocycles. The predicted octanol–water partition coefficient (Wildman–Crippen LogP) is 0.512. The lowest BCUT2D eigenvalue weighted by molar-refractivity contribution is 0.101. The topological polar surface area (TPSA) is 68.0 Å². The summed E-state index contributed by atoms with van der Waals surface area (Å²) in [4.78, 5) is 15.5. The Kier molecular flexibility index (Phi) is 2.21. The number of nitrogen functional groups attached to an aromatic ring is 1. The van der Waals surface area contributed by atoms with E-state index in [0.29, 0.717) is 11.4 Å². The minimum absolute atomic E-state index is 0.0247. The van der Waals surface area contributed by atoms with Gasteiger partial charge in [-0.25, -0.2) is 4.98 Å². The number of ketones is 1. The summed E-state index contributed by atoms with van der Waals surface area (Å²) in [5.74, 6) is 0.335. The number of Topliss-reactive ketones (excluding diaryl/α,β-unsaturated/α-hetero) is 1. The van der Waals surface area contributed by atoms with Gasteiger partial charge in [0.25, 0.3) is 0 Å². The maximum Gasteiger partial charge on any atom is 0.163 e. The Morgan fingerprint density at radius 3 is 3.14 bits per heavy atom. The van der Waals surface area contributed by atoms with Crippen LogP contribution < -0.4 is 11.1 Å². The molecule has 14 heavy (non-hydrogen) atoms. The van der Waals surface area contributed by atoms with Gasteiger partial charge >= 0.3 is 0 Å². The predicted molar refractivity (Wildman–Crippen MR) is 54.1 cm³/mol. The van der Waals surface area contributed by atoms with Gasteiger partial charge in [-0.3, -0.25) is 4.79 Å². The van der Waals surface area contributed by atoms with E-state index in [1.54, 1.807) is 0 Å². The van der Waals surface area contributed by atoms with Crippen LogP contribution >= 0.6 is 0 Å². The van der Waals surface area contributed by atoms with E-state index < -0.39 is 0 Å². The summed E-state index contributed by atoms with van der Waals surface area (Å²) in [5, 5.41) is 3.23. The van der Waals surface area contributed by atoms with Crippen LogP contribution in [0.15, 0.2) is 6.07 Å². The first-order chi connectivity index (χ1) is 6.68. The second kappa shape index (κ2) is 3.38. The van der Waals surface area contributed by atoms with Crippen molar-refractivity contribution in [1.82, 2.24) is 10.3 Å². The Balaban J connectivity index is 2.50. The standard InChI is InChI=1S/C10H13N3O/c1-6(14)8-4-7-5-12-3-2-9(7)13-10(8)11/h4,12H,2-3,5H2,1H3,(H2,11,13). The van der Waals surface area contributed by atoms with E-state index in [4.69, 9.17) is 5.73 Å². The molecular weight excluding hydrogens is 178 g/mol. The van der Waals surface area contributed by atoms with Gasteiger partial charge in [0.05, 0.1) is 5.56 Å². The molecule has 4 heteroatoms. The molecule has 0 bridgehead atoms. The van der Waals surface area contributed by atoms with Crippen LogP contribution in [0.2, 0.25) is 0 Å². The monoisotopic (exact) mass is 191 g/mol. The van der Waals surface area contributed by atoms with E-state index in [1.807, 2.05) is 6.07 Å². The summed E-state index contributed by atoms with van der Waals surface area (Å²) in [6.07, 6.45) is 0.887. The van der Waals surface area contributed by atoms with Crippen LogP contribution in [0.25, 0.3) is 0 Å². The molecule has 74 valence electrons. The fraction of sp³-hybridized carbons (Fsp3) is 0.400. The van der Waals surface area contributed by atoms with Crippen LogP contribution in [0.4, 0.5) is 5.82 Å². The van der Waals surface area contributed by atoms with Crippen molar-refractivity contribution in [2.45, 2.75) is 19.9 Å². The maximum absolute atomic E-state index is 11.2. The molecule has 3 N–H and O–H groups in total. The summed E-state index contributed by atoms with van der Waals surface area (Å²) >= 11 is 0. The van der Waals surface area contributed by atoms with Crippen LogP contribution in [0.1, 0.15) is 28.5 Å². The lowest BCUT2D eigenvalue weighted by Gasteiger charge is -2.17. The average molecular weight is 191 g/mol. The van der Waals surface area contributed by atoms with Gasteiger partial charge in [-0.1, -0.05) is 0 Å². The van der Waals surface area contributed by atoms with E-state index in [9.17, 15) is 4.79 Å². The summed E-state index contributed by atoms with van der Waals surface area (Å²) in [5.41, 5.74) is 8.34. The Labute approximate surface area is 82.5 Å². The molecule has 0 unspecified atom stereocenters. The average Bonchev–Trinajstić information content (AvgIpc) is 2.16. The first-order valence-corrected chi connectivity index (χ1v) is 4.68. The molecule has 1 aliphatic rings. The number of hydrogen-bond acceptors (Lipinski definition) is 4. The number of rotatable bonds is 1. The van der Waals surface area contributed by atoms with E-state index in [-0.39, 0.29) is 5.78 Å². The third-order valence-corrected chi connectivity index (χ3v) is 2.45. The van der Waals surface area contributed by atoms with Gasteiger partial charge in [-0.15, -0.1) is 0 Å². The van der Waals surface area contributed by atoms with E-state index in [0.717, 1.165) is 30.8 Å². The van der Waals surface area contributed by atoms with Crippen LogP contribution in [0.3, 0.4) is 0 Å². The zero-order valence-electron chi connectivity index (χ0n) is 8.13. The van der Waals surface area contributed by atoms with Crippen molar-refractivity contribution >= 4 is 11.6 Å². The molecule has 1 aliphatic heterocycles. The Bertz CT molecular complexity index is 387. The largest absolute Gasteiger partial charge is 0.383 e. The zero-order chi connectivity index (χ0) is 10.1. The van der Waals surface area contributed by atoms with Gasteiger partial charge in [-0.05, 0) is 18.6 Å². The van der Waals surface area contributed by atoms with Crippen LogP contribution in [-0.4, -0.2) is 17.3 Å². The van der Waals surface area contributed by atoms with E-state index in [1.165, 1.54) is 6.92 Å². The fourth-order valence-electron chi connectivity index (χ4n) is 1.69. The van der Waals surface area contributed by atoms with Gasteiger partial charge in [0.1, 0.15) is 5.82 Å². The van der Waals surface area contributed by atoms with Crippen molar-refractivity contribution in [3.63, 3.8) is 0 Å². The quantitative estimate of drug-likeness (QED) is 0.635. The van der Waals surface area contributed by atoms with Crippen LogP contribution in [0.5, 0.6) is 0 Å². The number of carbonyl (C=O) groups excluding carboxylic acids is 1. The highest BCUT2D eigenvalue weighted by atomic mass is 16.1. The summed E-state index contributed by atoms with van der Waals surface area (Å²) in [6, 6.07) is 1.85. The Morgan fingerprint density at radius 1 is 1.64 bits per heavy atom. The molecular formula is C10H13N3O. The number of anilines is 1. The molecule has 0 radical (unpaired) electrons. The summed E-state index contributed by atoms with van der Waals surface area (Å²) < 4.78 is 0. The van der Waals surface area contributed by atoms with E-state index in [2.05, 4.69) is 10.3 Å². The molecule has 0 atom stereocenters. The second-order valence-corrected chi connectivity index (χ2v) is 3.51. The van der Waals surface area contributed by atoms with Crippen molar-refractivity contribution in [3.05, 3.63) is 22.9 Å². The van der Waals surface area contributed by atoms with Crippen molar-refractivity contribution in [2.24, 2.45) is 0 Å². The van der Waals surface area contributed by atoms with Crippen molar-refractivity contribution < 1.29 is 4.79 Å². The number of fused-ring (bicyclic) bond motifs is 1. The Hall–Kier alpha value is -1.42. The van der Waals surface area contributed by atoms with Crippen molar-refractivity contribution in [2.75, 3.05) is 12.3 Å². The molecule has 2 heterocycles. The highest BCUT2D eigenvalue weighted by Gasteiger charge is 2.14. The summed E-state index contributed by atoms with van der Waals surface area (Å²) in [7, 11) is 0. The third-order valence-electron chi connectivity index (χ3n) is 2.45. The van der Waals surface area contributed by atoms with Gasteiger partial charge in [0, 0.05) is 25.2 Å². The van der Waals surface area contributed by atoms with Gasteiger partial charge in [0.2, 0.25) is 0 Å². The second-order valence-electron chi connectivity index (χ2n) is 3.51. The van der Waals surface area contributed by atoms with E-state index >= 15 is 0 Å². The lowest BCUT2D eigenvalue weighted by atomic mass is 10.0. The molecule has 0 aromatic carbocycles. The molecule has 0 saturated carbocycles. The number of aromatic nitrogens is 1. The molecule has 0 fully saturated rings. The number of nitrogens with one attached hydrogen (secondary N) is 1. The molecule has 4 nitrogen and oxygen atoms in total. The van der Waals surface area contributed by atoms with Gasteiger partial charge in [-0.2, -0.15) is 0 Å². The summed E-state index contributed by atoms with van der Waals surface area (Å²) in [6.45, 7) is 3.22. The highest BCUT2D eigenvalue weighted by Crippen LogP contribution is 2.18. The Morgan fingerprint density at radius 2 is 2.43 bits per heavy atom. The minimum Gasteiger partial charge on any atom is -0.383 e. The van der Waals surface area contributed by atoms with Crippen molar-refractivity contribution in [1.29, 1.82) is 0 Å². The number of carbonyl (C=O) groups is 1. The van der Waals surface area contributed by atoms with Gasteiger partial charge in [0.15, 0.2) is 5.78 Å². The maximum atomic E-state index is 11.2. The smallest absolute Gasteiger partial charge is 0.163 e. The molecule has 0 spiro atoms. The third kappa shape index (κ3) is 1.48. The first-order valence-electron chi connectivity index (χ1n) is 4.68.